The van der Waals surface area contributed by atoms with Gasteiger partial charge in [-0.05, 0) is 57.8 Å². The number of allylic oxidation sites excluding steroid dienone is 6. The largest absolute Gasteiger partial charge is 0.394 e. The fourth-order valence-corrected chi connectivity index (χ4v) is 7.95. The Bertz CT molecular complexity index is 935. The molecule has 4 atom stereocenters. The lowest BCUT2D eigenvalue weighted by Gasteiger charge is -2.27. The summed E-state index contributed by atoms with van der Waals surface area (Å²) in [4.78, 5) is 12.5. The van der Waals surface area contributed by atoms with Gasteiger partial charge in [0.15, 0.2) is 0 Å². The molecule has 0 aliphatic rings. The van der Waals surface area contributed by atoms with Crippen molar-refractivity contribution in [2.24, 2.45) is 0 Å². The standard InChI is InChI=1S/C53H101NO5/c1-3-5-7-9-11-13-15-17-19-20-21-22-23-24-25-26-27-28-29-30-31-33-35-37-39-41-43-45-47-51(57)53(59)54-49(48-55)52(58)50(56)46-44-42-40-38-36-34-32-18-16-14-12-10-8-6-4-2/h10,12,18,32,38,40,49-52,55-58H,3-9,11,13-17,19-31,33-37,39,41-48H2,1-2H3,(H,54,59)/b12-10+,32-18+,40-38+. The van der Waals surface area contributed by atoms with Crippen LogP contribution in [0.2, 0.25) is 0 Å². The van der Waals surface area contributed by atoms with Crippen molar-refractivity contribution in [2.75, 3.05) is 6.61 Å². The Hall–Kier alpha value is -1.47. The number of carbonyl (C=O) groups excluding carboxylic acids is 1. The van der Waals surface area contributed by atoms with Crippen molar-refractivity contribution in [1.82, 2.24) is 5.32 Å². The summed E-state index contributed by atoms with van der Waals surface area (Å²) < 4.78 is 0. The van der Waals surface area contributed by atoms with E-state index in [0.717, 1.165) is 51.4 Å². The lowest BCUT2D eigenvalue weighted by molar-refractivity contribution is -0.132. The first-order valence-corrected chi connectivity index (χ1v) is 25.9. The second-order valence-electron chi connectivity index (χ2n) is 17.8. The fourth-order valence-electron chi connectivity index (χ4n) is 7.95. The van der Waals surface area contributed by atoms with E-state index in [2.05, 4.69) is 55.6 Å². The van der Waals surface area contributed by atoms with Gasteiger partial charge in [0.2, 0.25) is 5.91 Å². The first kappa shape index (κ1) is 57.5. The minimum Gasteiger partial charge on any atom is -0.394 e. The molecule has 0 spiro atoms. The minimum atomic E-state index is -1.29. The summed E-state index contributed by atoms with van der Waals surface area (Å²) in [5.41, 5.74) is 0. The van der Waals surface area contributed by atoms with Gasteiger partial charge in [-0.25, -0.2) is 0 Å². The third kappa shape index (κ3) is 41.6. The van der Waals surface area contributed by atoms with Crippen LogP contribution in [0, 0.1) is 0 Å². The molecule has 0 aromatic heterocycles. The number of unbranched alkanes of at least 4 members (excludes halogenated alkanes) is 32. The van der Waals surface area contributed by atoms with Gasteiger partial charge in [0.25, 0.3) is 0 Å². The molecule has 0 radical (unpaired) electrons. The maximum absolute atomic E-state index is 12.5. The third-order valence-corrected chi connectivity index (χ3v) is 12.1. The molecule has 0 fully saturated rings. The summed E-state index contributed by atoms with van der Waals surface area (Å²) in [7, 11) is 0. The maximum Gasteiger partial charge on any atom is 0.249 e. The molecule has 0 aliphatic carbocycles. The summed E-state index contributed by atoms with van der Waals surface area (Å²) in [5, 5.41) is 43.8. The number of nitrogens with one attached hydrogen (secondary N) is 1. The SMILES string of the molecule is CCCC/C=C/CC/C=C/CC/C=C/CCCC(O)C(O)C(CO)NC(=O)C(O)CCCCCCCCCCCCCCCCCCCCCCCCCCCCCC. The monoisotopic (exact) mass is 832 g/mol. The lowest BCUT2D eigenvalue weighted by Crippen LogP contribution is -2.53. The topological polar surface area (TPSA) is 110 Å². The lowest BCUT2D eigenvalue weighted by atomic mass is 10.00. The fraction of sp³-hybridized carbons (Fsp3) is 0.868. The molecule has 0 aromatic rings. The molecule has 6 heteroatoms. The van der Waals surface area contributed by atoms with E-state index in [4.69, 9.17) is 0 Å². The van der Waals surface area contributed by atoms with Crippen LogP contribution in [0.5, 0.6) is 0 Å². The molecule has 0 bridgehead atoms. The van der Waals surface area contributed by atoms with E-state index in [1.807, 2.05) is 0 Å². The third-order valence-electron chi connectivity index (χ3n) is 12.1. The highest BCUT2D eigenvalue weighted by Gasteiger charge is 2.28. The second kappa shape index (κ2) is 47.6. The zero-order chi connectivity index (χ0) is 43.1. The minimum absolute atomic E-state index is 0.362. The first-order chi connectivity index (χ1) is 29.0. The smallest absolute Gasteiger partial charge is 0.249 e. The summed E-state index contributed by atoms with van der Waals surface area (Å²) in [6.45, 7) is 4.01. The van der Waals surface area contributed by atoms with Crippen molar-refractivity contribution in [3.8, 4) is 0 Å². The van der Waals surface area contributed by atoms with E-state index in [1.54, 1.807) is 0 Å². The molecule has 348 valence electrons. The normalized spacial score (nSPS) is 14.2. The Morgan fingerprint density at radius 2 is 0.712 bits per heavy atom. The molecule has 5 N–H and O–H groups in total. The van der Waals surface area contributed by atoms with E-state index in [-0.39, 0.29) is 0 Å². The molecular formula is C53H101NO5. The van der Waals surface area contributed by atoms with Crippen molar-refractivity contribution in [3.05, 3.63) is 36.5 Å². The molecule has 59 heavy (non-hydrogen) atoms. The van der Waals surface area contributed by atoms with Crippen LogP contribution < -0.4 is 5.32 Å². The zero-order valence-corrected chi connectivity index (χ0v) is 39.3. The predicted molar refractivity (Wildman–Crippen MR) is 256 cm³/mol. The van der Waals surface area contributed by atoms with Crippen molar-refractivity contribution < 1.29 is 25.2 Å². The van der Waals surface area contributed by atoms with Crippen molar-refractivity contribution in [1.29, 1.82) is 0 Å². The summed E-state index contributed by atoms with van der Waals surface area (Å²) in [6, 6.07) is -1.01. The Labute approximate surface area is 367 Å². The van der Waals surface area contributed by atoms with E-state index < -0.39 is 36.9 Å². The Morgan fingerprint density at radius 1 is 0.407 bits per heavy atom. The van der Waals surface area contributed by atoms with Crippen LogP contribution in [-0.2, 0) is 4.79 Å². The van der Waals surface area contributed by atoms with Gasteiger partial charge in [-0.2, -0.15) is 0 Å². The van der Waals surface area contributed by atoms with Crippen LogP contribution in [0.25, 0.3) is 0 Å². The van der Waals surface area contributed by atoms with Gasteiger partial charge in [0.1, 0.15) is 12.2 Å². The van der Waals surface area contributed by atoms with Crippen molar-refractivity contribution >= 4 is 5.91 Å². The van der Waals surface area contributed by atoms with Crippen molar-refractivity contribution in [3.63, 3.8) is 0 Å². The highest BCUT2D eigenvalue weighted by molar-refractivity contribution is 5.80. The van der Waals surface area contributed by atoms with E-state index in [0.29, 0.717) is 19.3 Å². The van der Waals surface area contributed by atoms with Crippen LogP contribution >= 0.6 is 0 Å². The van der Waals surface area contributed by atoms with E-state index in [1.165, 1.54) is 180 Å². The molecule has 0 rings (SSSR count). The second-order valence-corrected chi connectivity index (χ2v) is 17.8. The number of rotatable bonds is 47. The average Bonchev–Trinajstić information content (AvgIpc) is 3.24. The maximum atomic E-state index is 12.5. The molecular weight excluding hydrogens is 731 g/mol. The number of aliphatic hydroxyl groups excluding tert-OH is 4. The molecule has 6 nitrogen and oxygen atoms in total. The molecule has 0 aromatic carbocycles. The van der Waals surface area contributed by atoms with Crippen LogP contribution in [0.1, 0.15) is 264 Å². The Morgan fingerprint density at radius 3 is 1.05 bits per heavy atom. The number of hydrogen-bond acceptors (Lipinski definition) is 5. The highest BCUT2D eigenvalue weighted by atomic mass is 16.3. The summed E-state index contributed by atoms with van der Waals surface area (Å²) in [5.74, 6) is -0.597. The highest BCUT2D eigenvalue weighted by Crippen LogP contribution is 2.17. The zero-order valence-electron chi connectivity index (χ0n) is 39.3. The Balaban J connectivity index is 3.63. The molecule has 0 saturated carbocycles. The number of carbonyl (C=O) groups is 1. The number of aliphatic hydroxyl groups is 4. The van der Waals surface area contributed by atoms with Gasteiger partial charge >= 0.3 is 0 Å². The van der Waals surface area contributed by atoms with E-state index in [9.17, 15) is 25.2 Å². The van der Waals surface area contributed by atoms with Crippen molar-refractivity contribution in [2.45, 2.75) is 289 Å². The summed E-state index contributed by atoms with van der Waals surface area (Å²) in [6.07, 6.45) is 57.8. The van der Waals surface area contributed by atoms with Gasteiger partial charge < -0.3 is 25.7 Å². The van der Waals surface area contributed by atoms with Crippen LogP contribution in [0.3, 0.4) is 0 Å². The van der Waals surface area contributed by atoms with Gasteiger partial charge in [-0.1, -0.05) is 243 Å². The molecule has 1 amide bonds. The first-order valence-electron chi connectivity index (χ1n) is 25.9. The average molecular weight is 832 g/mol. The quantitative estimate of drug-likeness (QED) is 0.0310. The molecule has 0 saturated heterocycles. The number of hydrogen-bond donors (Lipinski definition) is 5. The van der Waals surface area contributed by atoms with Gasteiger partial charge in [-0.3, -0.25) is 4.79 Å². The van der Waals surface area contributed by atoms with Gasteiger partial charge in [0, 0.05) is 0 Å². The summed E-state index contributed by atoms with van der Waals surface area (Å²) >= 11 is 0. The van der Waals surface area contributed by atoms with Gasteiger partial charge in [0.05, 0.1) is 18.8 Å². The van der Waals surface area contributed by atoms with Crippen LogP contribution in [0.15, 0.2) is 36.5 Å². The van der Waals surface area contributed by atoms with Crippen LogP contribution in [0.4, 0.5) is 0 Å². The molecule has 0 aliphatic heterocycles. The van der Waals surface area contributed by atoms with Crippen LogP contribution in [-0.4, -0.2) is 57.3 Å². The Kier molecular flexibility index (Phi) is 46.4. The molecule has 0 heterocycles. The molecule has 4 unspecified atom stereocenters. The predicted octanol–water partition coefficient (Wildman–Crippen LogP) is 14.5. The number of amides is 1. The van der Waals surface area contributed by atoms with E-state index >= 15 is 0 Å². The van der Waals surface area contributed by atoms with Gasteiger partial charge in [-0.15, -0.1) is 0 Å².